The van der Waals surface area contributed by atoms with Crippen molar-refractivity contribution >= 4 is 33.3 Å². The first-order valence-electron chi connectivity index (χ1n) is 7.94. The summed E-state index contributed by atoms with van der Waals surface area (Å²) >= 11 is 1.15. The van der Waals surface area contributed by atoms with Crippen LogP contribution in [-0.4, -0.2) is 36.4 Å². The first kappa shape index (κ1) is 19.1. The molecule has 27 heavy (non-hydrogen) atoms. The van der Waals surface area contributed by atoms with E-state index in [1.165, 1.54) is 0 Å². The van der Waals surface area contributed by atoms with Gasteiger partial charge in [-0.05, 0) is 43.3 Å². The number of carbonyl (C=O) groups excluding carboxylic acids is 1. The van der Waals surface area contributed by atoms with E-state index < -0.39 is 10.0 Å². The number of aryl methyl sites for hydroxylation is 1. The lowest BCUT2D eigenvalue weighted by atomic mass is 10.1. The molecule has 0 aliphatic heterocycles. The van der Waals surface area contributed by atoms with Gasteiger partial charge in [0.05, 0.1) is 12.0 Å². The van der Waals surface area contributed by atoms with Crippen molar-refractivity contribution in [3.05, 3.63) is 59.7 Å². The summed E-state index contributed by atoms with van der Waals surface area (Å²) < 4.78 is 30.3. The molecule has 0 atom stereocenters. The molecular weight excluding hydrogens is 386 g/mol. The van der Waals surface area contributed by atoms with Crippen molar-refractivity contribution in [1.29, 1.82) is 0 Å². The predicted molar refractivity (Wildman–Crippen MR) is 104 cm³/mol. The zero-order valence-corrected chi connectivity index (χ0v) is 16.3. The number of Topliss-reactive ketones (excluding diaryl/α,β-unsaturated/α-hetero) is 1. The van der Waals surface area contributed by atoms with Gasteiger partial charge in [-0.15, -0.1) is 10.2 Å². The van der Waals surface area contributed by atoms with Crippen LogP contribution in [0.4, 0.5) is 5.69 Å². The highest BCUT2D eigenvalue weighted by Crippen LogP contribution is 2.24. The fourth-order valence-corrected chi connectivity index (χ4v) is 3.45. The topological polar surface area (TPSA) is 102 Å². The normalized spacial score (nSPS) is 11.3. The van der Waals surface area contributed by atoms with Crippen LogP contribution < -0.4 is 4.72 Å². The standard InChI is InChI=1S/C18H17N3O4S2/c1-12-3-5-14(6-4-12)17-19-20-18(25-17)26-11-16(22)13-7-9-15(10-8-13)21-27(2,23)24/h3-10,21H,11H2,1-2H3. The molecule has 0 amide bonds. The minimum atomic E-state index is -3.35. The van der Waals surface area contributed by atoms with Crippen LogP contribution in [0.25, 0.3) is 11.5 Å². The maximum absolute atomic E-state index is 12.3. The predicted octanol–water partition coefficient (Wildman–Crippen LogP) is 3.39. The van der Waals surface area contributed by atoms with Gasteiger partial charge in [-0.25, -0.2) is 8.42 Å². The number of ketones is 1. The Morgan fingerprint density at radius 1 is 1.07 bits per heavy atom. The Kier molecular flexibility index (Phi) is 5.62. The van der Waals surface area contributed by atoms with Crippen LogP contribution in [0.3, 0.4) is 0 Å². The number of aromatic nitrogens is 2. The van der Waals surface area contributed by atoms with Gasteiger partial charge in [0.1, 0.15) is 0 Å². The first-order valence-corrected chi connectivity index (χ1v) is 10.8. The number of benzene rings is 2. The molecule has 0 spiro atoms. The van der Waals surface area contributed by atoms with Crippen molar-refractivity contribution in [2.75, 3.05) is 16.7 Å². The molecule has 140 valence electrons. The summed E-state index contributed by atoms with van der Waals surface area (Å²) in [6.45, 7) is 1.99. The zero-order chi connectivity index (χ0) is 19.4. The number of carbonyl (C=O) groups is 1. The molecule has 0 aliphatic rings. The molecule has 0 saturated heterocycles. The first-order chi connectivity index (χ1) is 12.8. The maximum atomic E-state index is 12.3. The third kappa shape index (κ3) is 5.41. The van der Waals surface area contributed by atoms with Crippen LogP contribution in [0.15, 0.2) is 58.2 Å². The summed E-state index contributed by atoms with van der Waals surface area (Å²) in [5, 5.41) is 8.27. The van der Waals surface area contributed by atoms with E-state index in [0.29, 0.717) is 22.4 Å². The Morgan fingerprint density at radius 3 is 2.37 bits per heavy atom. The van der Waals surface area contributed by atoms with Crippen LogP contribution in [0.1, 0.15) is 15.9 Å². The molecule has 0 radical (unpaired) electrons. The quantitative estimate of drug-likeness (QED) is 0.476. The number of anilines is 1. The number of hydrogen-bond acceptors (Lipinski definition) is 7. The van der Waals surface area contributed by atoms with E-state index in [-0.39, 0.29) is 11.5 Å². The van der Waals surface area contributed by atoms with Gasteiger partial charge in [0, 0.05) is 16.8 Å². The Labute approximate surface area is 161 Å². The SMILES string of the molecule is Cc1ccc(-c2nnc(SCC(=O)c3ccc(NS(C)(=O)=O)cc3)o2)cc1. The number of thioether (sulfide) groups is 1. The van der Waals surface area contributed by atoms with Crippen molar-refractivity contribution in [3.63, 3.8) is 0 Å². The van der Waals surface area contributed by atoms with Crippen LogP contribution in [0.2, 0.25) is 0 Å². The zero-order valence-electron chi connectivity index (χ0n) is 14.7. The van der Waals surface area contributed by atoms with E-state index in [9.17, 15) is 13.2 Å². The van der Waals surface area contributed by atoms with Crippen molar-refractivity contribution in [2.24, 2.45) is 0 Å². The van der Waals surface area contributed by atoms with Gasteiger partial charge in [0.15, 0.2) is 5.78 Å². The smallest absolute Gasteiger partial charge is 0.277 e. The summed E-state index contributed by atoms with van der Waals surface area (Å²) in [7, 11) is -3.35. The molecule has 9 heteroatoms. The van der Waals surface area contributed by atoms with Crippen molar-refractivity contribution in [3.8, 4) is 11.5 Å². The van der Waals surface area contributed by atoms with Crippen LogP contribution in [-0.2, 0) is 10.0 Å². The molecule has 0 saturated carbocycles. The number of rotatable bonds is 7. The molecule has 3 aromatic rings. The minimum Gasteiger partial charge on any atom is -0.411 e. The highest BCUT2D eigenvalue weighted by molar-refractivity contribution is 7.99. The van der Waals surface area contributed by atoms with Gasteiger partial charge in [-0.3, -0.25) is 9.52 Å². The van der Waals surface area contributed by atoms with Gasteiger partial charge in [-0.1, -0.05) is 29.5 Å². The number of sulfonamides is 1. The average Bonchev–Trinajstić information content (AvgIpc) is 3.08. The Morgan fingerprint density at radius 2 is 1.74 bits per heavy atom. The Balaban J connectivity index is 1.60. The number of nitrogens with one attached hydrogen (secondary N) is 1. The minimum absolute atomic E-state index is 0.124. The maximum Gasteiger partial charge on any atom is 0.277 e. The summed E-state index contributed by atoms with van der Waals surface area (Å²) in [5.41, 5.74) is 2.83. The third-order valence-corrected chi connectivity index (χ3v) is 4.97. The van der Waals surface area contributed by atoms with E-state index in [1.807, 2.05) is 31.2 Å². The van der Waals surface area contributed by atoms with Crippen LogP contribution >= 0.6 is 11.8 Å². The lowest BCUT2D eigenvalue weighted by Gasteiger charge is -2.04. The van der Waals surface area contributed by atoms with E-state index in [4.69, 9.17) is 4.42 Å². The highest BCUT2D eigenvalue weighted by atomic mass is 32.2. The van der Waals surface area contributed by atoms with E-state index in [0.717, 1.165) is 29.1 Å². The van der Waals surface area contributed by atoms with Crippen molar-refractivity contribution in [2.45, 2.75) is 12.1 Å². The molecule has 0 unspecified atom stereocenters. The molecule has 0 bridgehead atoms. The second kappa shape index (κ2) is 7.93. The number of nitrogens with zero attached hydrogens (tertiary/aromatic N) is 2. The lowest BCUT2D eigenvalue weighted by molar-refractivity contribution is 0.102. The molecule has 7 nitrogen and oxygen atoms in total. The van der Waals surface area contributed by atoms with Crippen LogP contribution in [0.5, 0.6) is 0 Å². The second-order valence-electron chi connectivity index (χ2n) is 5.90. The fourth-order valence-electron chi connectivity index (χ4n) is 2.23. The molecule has 3 rings (SSSR count). The molecule has 1 heterocycles. The molecule has 1 N–H and O–H groups in total. The molecule has 0 aliphatic carbocycles. The van der Waals surface area contributed by atoms with E-state index in [2.05, 4.69) is 14.9 Å². The monoisotopic (exact) mass is 403 g/mol. The van der Waals surface area contributed by atoms with Crippen molar-refractivity contribution < 1.29 is 17.6 Å². The Hall–Kier alpha value is -2.65. The summed E-state index contributed by atoms with van der Waals surface area (Å²) in [5.74, 6) is 0.413. The largest absolute Gasteiger partial charge is 0.411 e. The molecule has 1 aromatic heterocycles. The fraction of sp³-hybridized carbons (Fsp3) is 0.167. The highest BCUT2D eigenvalue weighted by Gasteiger charge is 2.13. The molecule has 0 fully saturated rings. The summed E-state index contributed by atoms with van der Waals surface area (Å²) in [4.78, 5) is 12.3. The van der Waals surface area contributed by atoms with Gasteiger partial charge in [-0.2, -0.15) is 0 Å². The summed E-state index contributed by atoms with van der Waals surface area (Å²) in [6.07, 6.45) is 1.07. The third-order valence-electron chi connectivity index (χ3n) is 3.54. The van der Waals surface area contributed by atoms with Gasteiger partial charge < -0.3 is 4.42 Å². The average molecular weight is 403 g/mol. The van der Waals surface area contributed by atoms with Crippen molar-refractivity contribution in [1.82, 2.24) is 10.2 Å². The molecular formula is C18H17N3O4S2. The Bertz CT molecular complexity index is 1040. The van der Waals surface area contributed by atoms with E-state index >= 15 is 0 Å². The molecule has 2 aromatic carbocycles. The van der Waals surface area contributed by atoms with Gasteiger partial charge in [0.25, 0.3) is 5.22 Å². The number of hydrogen-bond donors (Lipinski definition) is 1. The van der Waals surface area contributed by atoms with Crippen LogP contribution in [0, 0.1) is 6.92 Å². The van der Waals surface area contributed by atoms with E-state index in [1.54, 1.807) is 24.3 Å². The summed E-state index contributed by atoms with van der Waals surface area (Å²) in [6, 6.07) is 13.9. The lowest BCUT2D eigenvalue weighted by Crippen LogP contribution is -2.10. The second-order valence-corrected chi connectivity index (χ2v) is 8.58. The van der Waals surface area contributed by atoms with Gasteiger partial charge >= 0.3 is 0 Å². The van der Waals surface area contributed by atoms with Gasteiger partial charge in [0.2, 0.25) is 15.9 Å².